The van der Waals surface area contributed by atoms with E-state index in [0.29, 0.717) is 5.69 Å². The Morgan fingerprint density at radius 1 is 1.52 bits per heavy atom. The Morgan fingerprint density at radius 3 is 2.71 bits per heavy atom. The van der Waals surface area contributed by atoms with Crippen molar-refractivity contribution in [1.82, 2.24) is 5.32 Å². The molecule has 1 atom stereocenters. The molecule has 7 heteroatoms. The van der Waals surface area contributed by atoms with Crippen LogP contribution in [0.1, 0.15) is 20.8 Å². The molecule has 0 bridgehead atoms. The SMILES string of the molecule is CC(C)C(C)(C#N)NC(=O)CNc1cccc([N+](=O)[O-])c1. The number of anilines is 1. The van der Waals surface area contributed by atoms with Gasteiger partial charge < -0.3 is 10.6 Å². The number of nitro groups is 1. The summed E-state index contributed by atoms with van der Waals surface area (Å²) in [4.78, 5) is 22.0. The van der Waals surface area contributed by atoms with Gasteiger partial charge in [-0.05, 0) is 18.9 Å². The summed E-state index contributed by atoms with van der Waals surface area (Å²) in [6.07, 6.45) is 0. The number of carbonyl (C=O) groups is 1. The molecule has 1 aromatic carbocycles. The topological polar surface area (TPSA) is 108 Å². The Labute approximate surface area is 123 Å². The van der Waals surface area contributed by atoms with E-state index >= 15 is 0 Å². The summed E-state index contributed by atoms with van der Waals surface area (Å²) in [5, 5.41) is 25.2. The minimum atomic E-state index is -0.943. The lowest BCUT2D eigenvalue weighted by Gasteiger charge is -2.27. The summed E-state index contributed by atoms with van der Waals surface area (Å²) < 4.78 is 0. The smallest absolute Gasteiger partial charge is 0.271 e. The summed E-state index contributed by atoms with van der Waals surface area (Å²) in [6.45, 7) is 5.28. The first-order valence-corrected chi connectivity index (χ1v) is 6.49. The van der Waals surface area contributed by atoms with Crippen molar-refractivity contribution in [3.63, 3.8) is 0 Å². The number of nitro benzene ring substituents is 1. The number of hydrogen-bond acceptors (Lipinski definition) is 5. The van der Waals surface area contributed by atoms with Gasteiger partial charge in [-0.15, -0.1) is 0 Å². The molecule has 1 aromatic rings. The molecule has 0 fully saturated rings. The van der Waals surface area contributed by atoms with E-state index in [9.17, 15) is 14.9 Å². The van der Waals surface area contributed by atoms with Crippen LogP contribution in [0.25, 0.3) is 0 Å². The summed E-state index contributed by atoms with van der Waals surface area (Å²) in [6, 6.07) is 7.96. The van der Waals surface area contributed by atoms with Crippen LogP contribution in [0, 0.1) is 27.4 Å². The van der Waals surface area contributed by atoms with Crippen molar-refractivity contribution in [2.75, 3.05) is 11.9 Å². The molecule has 0 aliphatic carbocycles. The fourth-order valence-corrected chi connectivity index (χ4v) is 1.55. The molecule has 1 amide bonds. The van der Waals surface area contributed by atoms with Gasteiger partial charge in [0.05, 0.1) is 17.5 Å². The Bertz CT molecular complexity index is 580. The third-order valence-corrected chi connectivity index (χ3v) is 3.30. The van der Waals surface area contributed by atoms with E-state index in [1.165, 1.54) is 18.2 Å². The van der Waals surface area contributed by atoms with Gasteiger partial charge in [0, 0.05) is 17.8 Å². The first kappa shape index (κ1) is 16.4. The lowest BCUT2D eigenvalue weighted by atomic mass is 9.90. The van der Waals surface area contributed by atoms with Crippen LogP contribution in [0.15, 0.2) is 24.3 Å². The normalized spacial score (nSPS) is 13.1. The molecule has 0 aliphatic heterocycles. The minimum absolute atomic E-state index is 0.0377. The first-order chi connectivity index (χ1) is 9.78. The number of benzene rings is 1. The molecule has 21 heavy (non-hydrogen) atoms. The monoisotopic (exact) mass is 290 g/mol. The molecule has 112 valence electrons. The summed E-state index contributed by atoms with van der Waals surface area (Å²) in [5.41, 5.74) is -0.520. The van der Waals surface area contributed by atoms with Gasteiger partial charge in [-0.2, -0.15) is 5.26 Å². The van der Waals surface area contributed by atoms with Crippen LogP contribution in [0.3, 0.4) is 0 Å². The highest BCUT2D eigenvalue weighted by atomic mass is 16.6. The second-order valence-electron chi connectivity index (χ2n) is 5.18. The van der Waals surface area contributed by atoms with Crippen molar-refractivity contribution in [1.29, 1.82) is 5.26 Å². The molecular formula is C14H18N4O3. The van der Waals surface area contributed by atoms with Crippen LogP contribution < -0.4 is 10.6 Å². The number of nitriles is 1. The average molecular weight is 290 g/mol. The van der Waals surface area contributed by atoms with Gasteiger partial charge in [0.1, 0.15) is 5.54 Å². The highest BCUT2D eigenvalue weighted by molar-refractivity contribution is 5.82. The standard InChI is InChI=1S/C14H18N4O3/c1-10(2)14(3,9-15)17-13(19)8-16-11-5-4-6-12(7-11)18(20)21/h4-7,10,16H,8H2,1-3H3,(H,17,19). The van der Waals surface area contributed by atoms with Crippen molar-refractivity contribution in [2.24, 2.45) is 5.92 Å². The van der Waals surface area contributed by atoms with Gasteiger partial charge in [-0.1, -0.05) is 19.9 Å². The predicted octanol–water partition coefficient (Wildman–Crippen LogP) is 2.06. The summed E-state index contributed by atoms with van der Waals surface area (Å²) in [5.74, 6) is -0.386. The molecule has 0 saturated carbocycles. The zero-order valence-corrected chi connectivity index (χ0v) is 12.2. The molecule has 2 N–H and O–H groups in total. The van der Waals surface area contributed by atoms with E-state index in [-0.39, 0.29) is 24.1 Å². The Morgan fingerprint density at radius 2 is 2.19 bits per heavy atom. The highest BCUT2D eigenvalue weighted by Gasteiger charge is 2.29. The molecule has 0 aliphatic rings. The highest BCUT2D eigenvalue weighted by Crippen LogP contribution is 2.17. The molecule has 1 rings (SSSR count). The van der Waals surface area contributed by atoms with Crippen molar-refractivity contribution in [3.05, 3.63) is 34.4 Å². The number of hydrogen-bond donors (Lipinski definition) is 2. The number of amides is 1. The molecular weight excluding hydrogens is 272 g/mol. The lowest BCUT2D eigenvalue weighted by Crippen LogP contribution is -2.50. The number of nitrogens with one attached hydrogen (secondary N) is 2. The van der Waals surface area contributed by atoms with Gasteiger partial charge in [-0.25, -0.2) is 0 Å². The van der Waals surface area contributed by atoms with Crippen LogP contribution >= 0.6 is 0 Å². The Balaban J connectivity index is 2.64. The van der Waals surface area contributed by atoms with Crippen molar-refractivity contribution in [3.8, 4) is 6.07 Å². The van der Waals surface area contributed by atoms with E-state index in [2.05, 4.69) is 16.7 Å². The average Bonchev–Trinajstić information content (AvgIpc) is 2.45. The second kappa shape index (κ2) is 6.70. The number of non-ortho nitro benzene ring substituents is 1. The quantitative estimate of drug-likeness (QED) is 0.615. The number of carbonyl (C=O) groups excluding carboxylic acids is 1. The maximum Gasteiger partial charge on any atom is 0.271 e. The number of rotatable bonds is 6. The van der Waals surface area contributed by atoms with Crippen LogP contribution in [0.2, 0.25) is 0 Å². The van der Waals surface area contributed by atoms with E-state index in [1.54, 1.807) is 13.0 Å². The zero-order valence-electron chi connectivity index (χ0n) is 12.2. The van der Waals surface area contributed by atoms with Crippen LogP contribution in [-0.4, -0.2) is 22.9 Å². The van der Waals surface area contributed by atoms with Crippen LogP contribution in [0.5, 0.6) is 0 Å². The Kier molecular flexibility index (Phi) is 5.24. The Hall–Kier alpha value is -2.62. The maximum absolute atomic E-state index is 11.9. The minimum Gasteiger partial charge on any atom is -0.376 e. The fraction of sp³-hybridized carbons (Fsp3) is 0.429. The molecule has 0 radical (unpaired) electrons. The van der Waals surface area contributed by atoms with Gasteiger partial charge in [0.25, 0.3) is 5.69 Å². The van der Waals surface area contributed by atoms with Gasteiger partial charge >= 0.3 is 0 Å². The largest absolute Gasteiger partial charge is 0.376 e. The van der Waals surface area contributed by atoms with E-state index in [0.717, 1.165) is 0 Å². The van der Waals surface area contributed by atoms with Gasteiger partial charge in [0.2, 0.25) is 5.91 Å². The predicted molar refractivity (Wildman–Crippen MR) is 78.6 cm³/mol. The van der Waals surface area contributed by atoms with Gasteiger partial charge in [0.15, 0.2) is 0 Å². The zero-order chi connectivity index (χ0) is 16.0. The molecule has 1 unspecified atom stereocenters. The van der Waals surface area contributed by atoms with Crippen LogP contribution in [0.4, 0.5) is 11.4 Å². The summed E-state index contributed by atoms with van der Waals surface area (Å²) >= 11 is 0. The molecule has 0 saturated heterocycles. The van der Waals surface area contributed by atoms with Gasteiger partial charge in [-0.3, -0.25) is 14.9 Å². The molecule has 0 spiro atoms. The molecule has 7 nitrogen and oxygen atoms in total. The second-order valence-corrected chi connectivity index (χ2v) is 5.18. The first-order valence-electron chi connectivity index (χ1n) is 6.49. The van der Waals surface area contributed by atoms with E-state index in [1.807, 2.05) is 13.8 Å². The van der Waals surface area contributed by atoms with Crippen LogP contribution in [-0.2, 0) is 4.79 Å². The summed E-state index contributed by atoms with van der Waals surface area (Å²) in [7, 11) is 0. The molecule has 0 heterocycles. The van der Waals surface area contributed by atoms with Crippen molar-refractivity contribution < 1.29 is 9.72 Å². The fourth-order valence-electron chi connectivity index (χ4n) is 1.55. The van der Waals surface area contributed by atoms with Crippen molar-refractivity contribution in [2.45, 2.75) is 26.3 Å². The lowest BCUT2D eigenvalue weighted by molar-refractivity contribution is -0.384. The van der Waals surface area contributed by atoms with E-state index < -0.39 is 10.5 Å². The third kappa shape index (κ3) is 4.45. The number of nitrogens with zero attached hydrogens (tertiary/aromatic N) is 2. The maximum atomic E-state index is 11.9. The van der Waals surface area contributed by atoms with E-state index in [4.69, 9.17) is 5.26 Å². The van der Waals surface area contributed by atoms with Crippen molar-refractivity contribution >= 4 is 17.3 Å². The third-order valence-electron chi connectivity index (χ3n) is 3.30. The molecule has 0 aromatic heterocycles.